The van der Waals surface area contributed by atoms with Crippen LogP contribution in [-0.4, -0.2) is 47.6 Å². The minimum absolute atomic E-state index is 0.0731. The van der Waals surface area contributed by atoms with Gasteiger partial charge in [0.2, 0.25) is 0 Å². The van der Waals surface area contributed by atoms with E-state index in [2.05, 4.69) is 36.5 Å². The van der Waals surface area contributed by atoms with E-state index in [-0.39, 0.29) is 11.3 Å². The quantitative estimate of drug-likeness (QED) is 0.469. The lowest BCUT2D eigenvalue weighted by Crippen LogP contribution is -2.17. The average Bonchev–Trinajstić information content (AvgIpc) is 3.40. The van der Waals surface area contributed by atoms with Crippen LogP contribution in [0.3, 0.4) is 0 Å². The highest BCUT2D eigenvalue weighted by molar-refractivity contribution is 7.90. The van der Waals surface area contributed by atoms with Crippen LogP contribution >= 0.6 is 0 Å². The maximum Gasteiger partial charge on any atom is 0.256 e. The van der Waals surface area contributed by atoms with E-state index >= 15 is 0 Å². The summed E-state index contributed by atoms with van der Waals surface area (Å²) in [6, 6.07) is 5.67. The molecule has 1 fully saturated rings. The van der Waals surface area contributed by atoms with E-state index in [1.165, 1.54) is 12.4 Å². The maximum absolute atomic E-state index is 12.4. The van der Waals surface area contributed by atoms with E-state index in [1.54, 1.807) is 23.1 Å². The molecule has 1 saturated carbocycles. The molecule has 1 N–H and O–H groups in total. The van der Waals surface area contributed by atoms with Crippen LogP contribution in [0.1, 0.15) is 38.4 Å². The van der Waals surface area contributed by atoms with E-state index in [1.807, 2.05) is 19.9 Å². The van der Waals surface area contributed by atoms with Gasteiger partial charge in [0, 0.05) is 24.5 Å². The van der Waals surface area contributed by atoms with Gasteiger partial charge in [-0.2, -0.15) is 19.5 Å². The van der Waals surface area contributed by atoms with Crippen molar-refractivity contribution in [1.29, 1.82) is 5.26 Å². The molecule has 0 saturated heterocycles. The number of hydrogen-bond acceptors (Lipinski definition) is 9. The molecule has 12 heteroatoms. The molecule has 32 heavy (non-hydrogen) atoms. The Morgan fingerprint density at radius 3 is 2.75 bits per heavy atom. The van der Waals surface area contributed by atoms with Gasteiger partial charge in [-0.1, -0.05) is 0 Å². The molecule has 0 spiro atoms. The molecule has 162 valence electrons. The third-order valence-electron chi connectivity index (χ3n) is 5.12. The zero-order valence-electron chi connectivity index (χ0n) is 17.3. The summed E-state index contributed by atoms with van der Waals surface area (Å²) in [5.74, 6) is 1.35. The van der Waals surface area contributed by atoms with Crippen LogP contribution in [0.25, 0.3) is 22.3 Å². The van der Waals surface area contributed by atoms with Crippen molar-refractivity contribution in [2.75, 3.05) is 5.32 Å². The van der Waals surface area contributed by atoms with Gasteiger partial charge in [-0.15, -0.1) is 0 Å². The number of fused-ring (bicyclic) bond motifs is 1. The first-order valence-electron chi connectivity index (χ1n) is 10.0. The molecule has 0 amide bonds. The number of hydrogen-bond donors (Lipinski definition) is 1. The fraction of sp³-hybridized carbons (Fsp3) is 0.300. The fourth-order valence-electron chi connectivity index (χ4n) is 3.35. The normalized spacial score (nSPS) is 14.1. The van der Waals surface area contributed by atoms with E-state index in [0.29, 0.717) is 46.9 Å². The third-order valence-corrected chi connectivity index (χ3v) is 7.16. The standard InChI is InChI=1S/C20H19N9O2S/c1-12(2)29-17-7-19(23-10-15(17)16(8-21)27-29)25-18-5-6-22-20(26-18)13-9-24-28(11-13)32(30,31)14-3-4-14/h5-7,9-12,14H,3-4H2,1-2H3,(H,22,23,25,26). The van der Waals surface area contributed by atoms with Crippen LogP contribution in [0.5, 0.6) is 0 Å². The van der Waals surface area contributed by atoms with Crippen molar-refractivity contribution in [3.05, 3.63) is 42.6 Å². The Kier molecular flexibility index (Phi) is 4.63. The predicted molar refractivity (Wildman–Crippen MR) is 117 cm³/mol. The van der Waals surface area contributed by atoms with Crippen molar-refractivity contribution >= 4 is 32.6 Å². The maximum atomic E-state index is 12.4. The fourth-order valence-corrected chi connectivity index (χ4v) is 4.83. The molecule has 0 unspecified atom stereocenters. The van der Waals surface area contributed by atoms with Crippen molar-refractivity contribution in [3.8, 4) is 17.5 Å². The second-order valence-corrected chi connectivity index (χ2v) is 9.89. The Bertz CT molecular complexity index is 1480. The minimum Gasteiger partial charge on any atom is -0.325 e. The minimum atomic E-state index is -3.45. The van der Waals surface area contributed by atoms with Gasteiger partial charge in [-0.3, -0.25) is 4.68 Å². The van der Waals surface area contributed by atoms with Crippen LogP contribution in [0, 0.1) is 11.3 Å². The Balaban J connectivity index is 1.44. The van der Waals surface area contributed by atoms with Crippen LogP contribution in [0.2, 0.25) is 0 Å². The van der Waals surface area contributed by atoms with Crippen LogP contribution in [0.15, 0.2) is 36.9 Å². The molecule has 0 atom stereocenters. The Morgan fingerprint density at radius 1 is 1.22 bits per heavy atom. The predicted octanol–water partition coefficient (Wildman–Crippen LogP) is 2.62. The molecule has 4 heterocycles. The molecule has 0 radical (unpaired) electrons. The summed E-state index contributed by atoms with van der Waals surface area (Å²) in [5.41, 5.74) is 1.61. The first kappa shape index (κ1) is 20.1. The van der Waals surface area contributed by atoms with Crippen LogP contribution in [-0.2, 0) is 10.0 Å². The monoisotopic (exact) mass is 449 g/mol. The SMILES string of the molecule is CC(C)n1nc(C#N)c2cnc(Nc3ccnc(-c4cnn(S(=O)(=O)C5CC5)c4)n3)cc21. The lowest BCUT2D eigenvalue weighted by atomic mass is 10.2. The lowest BCUT2D eigenvalue weighted by Gasteiger charge is -2.09. The summed E-state index contributed by atoms with van der Waals surface area (Å²) in [6.45, 7) is 3.98. The highest BCUT2D eigenvalue weighted by Crippen LogP contribution is 2.30. The number of pyridine rings is 1. The molecular formula is C20H19N9O2S. The number of aromatic nitrogens is 7. The summed E-state index contributed by atoms with van der Waals surface area (Å²) < 4.78 is 27.5. The topological polar surface area (TPSA) is 144 Å². The molecule has 0 aromatic carbocycles. The smallest absolute Gasteiger partial charge is 0.256 e. The number of nitrogens with zero attached hydrogens (tertiary/aromatic N) is 8. The molecule has 5 rings (SSSR count). The molecule has 1 aliphatic rings. The van der Waals surface area contributed by atoms with Crippen molar-refractivity contribution in [2.45, 2.75) is 38.0 Å². The molecule has 0 aliphatic heterocycles. The average molecular weight is 450 g/mol. The summed E-state index contributed by atoms with van der Waals surface area (Å²) >= 11 is 0. The summed E-state index contributed by atoms with van der Waals surface area (Å²) in [6.07, 6.45) is 7.38. The van der Waals surface area contributed by atoms with Gasteiger partial charge in [0.1, 0.15) is 17.7 Å². The van der Waals surface area contributed by atoms with E-state index in [4.69, 9.17) is 0 Å². The first-order valence-corrected chi connectivity index (χ1v) is 11.5. The van der Waals surface area contributed by atoms with Crippen molar-refractivity contribution in [1.82, 2.24) is 33.9 Å². The molecular weight excluding hydrogens is 430 g/mol. The largest absolute Gasteiger partial charge is 0.325 e. The molecule has 1 aliphatic carbocycles. The van der Waals surface area contributed by atoms with Gasteiger partial charge >= 0.3 is 0 Å². The molecule has 4 aromatic rings. The molecule has 11 nitrogen and oxygen atoms in total. The van der Waals surface area contributed by atoms with E-state index in [9.17, 15) is 13.7 Å². The molecule has 0 bridgehead atoms. The summed E-state index contributed by atoms with van der Waals surface area (Å²) in [5, 5.41) is 21.1. The van der Waals surface area contributed by atoms with Gasteiger partial charge in [0.05, 0.1) is 34.1 Å². The summed E-state index contributed by atoms with van der Waals surface area (Å²) in [7, 11) is -3.45. The van der Waals surface area contributed by atoms with Gasteiger partial charge < -0.3 is 5.32 Å². The molecule has 4 aromatic heterocycles. The second kappa shape index (κ2) is 7.38. The third kappa shape index (κ3) is 3.46. The Morgan fingerprint density at radius 2 is 2.03 bits per heavy atom. The number of nitrogens with one attached hydrogen (secondary N) is 1. The van der Waals surface area contributed by atoms with Crippen molar-refractivity contribution in [3.63, 3.8) is 0 Å². The van der Waals surface area contributed by atoms with Gasteiger partial charge in [-0.25, -0.2) is 23.4 Å². The zero-order valence-corrected chi connectivity index (χ0v) is 18.2. The van der Waals surface area contributed by atoms with Crippen molar-refractivity contribution < 1.29 is 8.42 Å². The number of anilines is 2. The Hall–Kier alpha value is -3.85. The van der Waals surface area contributed by atoms with Crippen molar-refractivity contribution in [2.24, 2.45) is 0 Å². The first-order chi connectivity index (χ1) is 15.4. The number of rotatable bonds is 6. The van der Waals surface area contributed by atoms with E-state index < -0.39 is 10.0 Å². The second-order valence-electron chi connectivity index (χ2n) is 7.82. The highest BCUT2D eigenvalue weighted by atomic mass is 32.2. The van der Waals surface area contributed by atoms with E-state index in [0.717, 1.165) is 9.60 Å². The summed E-state index contributed by atoms with van der Waals surface area (Å²) in [4.78, 5) is 13.1. The number of nitriles is 1. The van der Waals surface area contributed by atoms with Gasteiger partial charge in [-0.05, 0) is 32.8 Å². The van der Waals surface area contributed by atoms with Gasteiger partial charge in [0.25, 0.3) is 10.0 Å². The van der Waals surface area contributed by atoms with Crippen LogP contribution < -0.4 is 5.32 Å². The Labute approximate surface area is 183 Å². The lowest BCUT2D eigenvalue weighted by molar-refractivity contribution is 0.549. The highest BCUT2D eigenvalue weighted by Gasteiger charge is 2.37. The van der Waals surface area contributed by atoms with Gasteiger partial charge in [0.15, 0.2) is 11.5 Å². The van der Waals surface area contributed by atoms with Crippen LogP contribution in [0.4, 0.5) is 11.6 Å². The zero-order chi connectivity index (χ0) is 22.5.